The van der Waals surface area contributed by atoms with Crippen LogP contribution in [0.15, 0.2) is 59.0 Å². The van der Waals surface area contributed by atoms with E-state index in [4.69, 9.17) is 30.9 Å². The van der Waals surface area contributed by atoms with Gasteiger partial charge >= 0.3 is 0 Å². The summed E-state index contributed by atoms with van der Waals surface area (Å²) in [7, 11) is 3.17. The molecule has 148 valence electrons. The van der Waals surface area contributed by atoms with Crippen molar-refractivity contribution in [2.45, 2.75) is 18.7 Å². The highest BCUT2D eigenvalue weighted by atomic mass is 35.5. The molecule has 3 heterocycles. The van der Waals surface area contributed by atoms with E-state index in [-0.39, 0.29) is 6.04 Å². The summed E-state index contributed by atoms with van der Waals surface area (Å²) in [5.41, 5.74) is 3.08. The normalized spacial score (nSPS) is 19.8. The van der Waals surface area contributed by atoms with Crippen LogP contribution in [0.3, 0.4) is 0 Å². The summed E-state index contributed by atoms with van der Waals surface area (Å²) in [6.07, 6.45) is 0.419. The predicted octanol–water partition coefficient (Wildman–Crippen LogP) is 5.66. The molecule has 0 amide bonds. The lowest BCUT2D eigenvalue weighted by Gasteiger charge is -2.38. The molecule has 5 nitrogen and oxygen atoms in total. The fraction of sp³-hybridized carbons (Fsp3) is 0.227. The van der Waals surface area contributed by atoms with Crippen LogP contribution in [0.4, 0.5) is 0 Å². The van der Waals surface area contributed by atoms with E-state index in [1.807, 2.05) is 35.3 Å². The minimum Gasteiger partial charge on any atom is -0.493 e. The van der Waals surface area contributed by atoms with E-state index in [0.29, 0.717) is 16.5 Å². The highest BCUT2D eigenvalue weighted by molar-refractivity contribution is 7.12. The van der Waals surface area contributed by atoms with Gasteiger partial charge in [0.25, 0.3) is 0 Å². The third-order valence-electron chi connectivity index (χ3n) is 5.25. The van der Waals surface area contributed by atoms with Gasteiger partial charge in [-0.1, -0.05) is 35.9 Å². The van der Waals surface area contributed by atoms with E-state index in [9.17, 15) is 0 Å². The molecule has 2 aliphatic rings. The smallest absolute Gasteiger partial charge is 0.214 e. The summed E-state index contributed by atoms with van der Waals surface area (Å²) in [4.78, 5) is 1.18. The fourth-order valence-electron chi connectivity index (χ4n) is 3.93. The third-order valence-corrected chi connectivity index (χ3v) is 6.45. The maximum Gasteiger partial charge on any atom is 0.214 e. The number of rotatable bonds is 4. The van der Waals surface area contributed by atoms with Gasteiger partial charge in [0.1, 0.15) is 5.75 Å². The Morgan fingerprint density at radius 2 is 2.00 bits per heavy atom. The Kier molecular flexibility index (Phi) is 4.60. The number of ether oxygens (including phenoxy) is 3. The SMILES string of the molecule is COc1cc([C@@H]2Oc3ccccc3[C@@H]3CC(c4cccs4)=NN32)cc(Cl)c1OC. The lowest BCUT2D eigenvalue weighted by atomic mass is 9.97. The molecule has 29 heavy (non-hydrogen) atoms. The van der Waals surface area contributed by atoms with Crippen LogP contribution in [0.5, 0.6) is 17.2 Å². The highest BCUT2D eigenvalue weighted by Crippen LogP contribution is 2.49. The van der Waals surface area contributed by atoms with Crippen LogP contribution in [0, 0.1) is 0 Å². The second-order valence-corrected chi connectivity index (χ2v) is 8.23. The van der Waals surface area contributed by atoms with Crippen molar-refractivity contribution in [3.8, 4) is 17.2 Å². The highest BCUT2D eigenvalue weighted by Gasteiger charge is 2.41. The minimum absolute atomic E-state index is 0.105. The number of fused-ring (bicyclic) bond motifs is 3. The molecule has 7 heteroatoms. The van der Waals surface area contributed by atoms with Gasteiger partial charge in [0.05, 0.1) is 35.9 Å². The van der Waals surface area contributed by atoms with E-state index in [0.717, 1.165) is 29.0 Å². The first-order chi connectivity index (χ1) is 14.2. The number of thiophene rings is 1. The molecule has 2 aromatic carbocycles. The van der Waals surface area contributed by atoms with Gasteiger partial charge < -0.3 is 14.2 Å². The van der Waals surface area contributed by atoms with Crippen molar-refractivity contribution in [1.82, 2.24) is 5.01 Å². The number of hydrogen-bond donors (Lipinski definition) is 0. The van der Waals surface area contributed by atoms with Gasteiger partial charge in [-0.3, -0.25) is 0 Å². The Bertz CT molecular complexity index is 1080. The van der Waals surface area contributed by atoms with Crippen molar-refractivity contribution in [2.24, 2.45) is 5.10 Å². The molecule has 2 aliphatic heterocycles. The molecule has 0 fully saturated rings. The molecular formula is C22H19ClN2O3S. The second-order valence-electron chi connectivity index (χ2n) is 6.87. The number of para-hydroxylation sites is 1. The molecule has 3 aromatic rings. The van der Waals surface area contributed by atoms with E-state index in [1.54, 1.807) is 25.6 Å². The maximum atomic E-state index is 6.47. The Labute approximate surface area is 178 Å². The zero-order chi connectivity index (χ0) is 20.0. The number of halogens is 1. The van der Waals surface area contributed by atoms with Crippen molar-refractivity contribution in [3.05, 3.63) is 74.9 Å². The molecular weight excluding hydrogens is 408 g/mol. The first-order valence-corrected chi connectivity index (χ1v) is 10.5. The van der Waals surface area contributed by atoms with Gasteiger partial charge in [0.2, 0.25) is 6.23 Å². The van der Waals surface area contributed by atoms with E-state index in [1.165, 1.54) is 4.88 Å². The minimum atomic E-state index is -0.412. The summed E-state index contributed by atoms with van der Waals surface area (Å²) in [5.74, 6) is 1.94. The molecule has 0 bridgehead atoms. The predicted molar refractivity (Wildman–Crippen MR) is 114 cm³/mol. The first-order valence-electron chi connectivity index (χ1n) is 9.26. The summed E-state index contributed by atoms with van der Waals surface area (Å²) >= 11 is 8.17. The lowest BCUT2D eigenvalue weighted by Crippen LogP contribution is -2.33. The Morgan fingerprint density at radius 1 is 1.14 bits per heavy atom. The Morgan fingerprint density at radius 3 is 2.76 bits per heavy atom. The van der Waals surface area contributed by atoms with Crippen molar-refractivity contribution >= 4 is 28.6 Å². The van der Waals surface area contributed by atoms with Gasteiger partial charge in [0.15, 0.2) is 11.5 Å². The van der Waals surface area contributed by atoms with Crippen LogP contribution in [0.1, 0.15) is 34.7 Å². The maximum absolute atomic E-state index is 6.47. The monoisotopic (exact) mass is 426 g/mol. The number of benzene rings is 2. The van der Waals surface area contributed by atoms with E-state index < -0.39 is 6.23 Å². The topological polar surface area (TPSA) is 43.3 Å². The largest absolute Gasteiger partial charge is 0.493 e. The molecule has 0 radical (unpaired) electrons. The van der Waals surface area contributed by atoms with Crippen LogP contribution in [-0.4, -0.2) is 24.9 Å². The second kappa shape index (κ2) is 7.28. The molecule has 0 unspecified atom stereocenters. The van der Waals surface area contributed by atoms with Gasteiger partial charge in [-0.05, 0) is 29.6 Å². The molecule has 2 atom stereocenters. The van der Waals surface area contributed by atoms with Gasteiger partial charge in [-0.25, -0.2) is 5.01 Å². The third kappa shape index (κ3) is 3.03. The van der Waals surface area contributed by atoms with Crippen molar-refractivity contribution < 1.29 is 14.2 Å². The Hall–Kier alpha value is -2.70. The molecule has 5 rings (SSSR count). The number of nitrogens with zero attached hydrogens (tertiary/aromatic N) is 2. The molecule has 0 N–H and O–H groups in total. The van der Waals surface area contributed by atoms with Crippen molar-refractivity contribution in [2.75, 3.05) is 14.2 Å². The fourth-order valence-corrected chi connectivity index (χ4v) is 4.94. The average Bonchev–Trinajstić information content (AvgIpc) is 3.42. The standard InChI is InChI=1S/C22H19ClN2O3S/c1-26-19-11-13(10-15(23)21(19)27-2)22-25-17(14-6-3-4-7-18(14)28-22)12-16(24-25)20-8-5-9-29-20/h3-11,17,22H,12H2,1-2H3/t17-,22-/m0/s1. The van der Waals surface area contributed by atoms with Crippen LogP contribution in [0.25, 0.3) is 0 Å². The Balaban J connectivity index is 1.62. The van der Waals surface area contributed by atoms with Crippen molar-refractivity contribution in [1.29, 1.82) is 0 Å². The summed E-state index contributed by atoms with van der Waals surface area (Å²) in [5, 5.41) is 9.54. The molecule has 0 aliphatic carbocycles. The molecule has 1 aromatic heterocycles. The first kappa shape index (κ1) is 18.3. The van der Waals surface area contributed by atoms with E-state index in [2.05, 4.69) is 23.6 Å². The van der Waals surface area contributed by atoms with Gasteiger partial charge in [-0.15, -0.1) is 11.3 Å². The number of hydrogen-bond acceptors (Lipinski definition) is 6. The lowest BCUT2D eigenvalue weighted by molar-refractivity contribution is -0.0191. The molecule has 0 spiro atoms. The number of methoxy groups -OCH3 is 2. The van der Waals surface area contributed by atoms with Crippen molar-refractivity contribution in [3.63, 3.8) is 0 Å². The zero-order valence-electron chi connectivity index (χ0n) is 16.0. The molecule has 0 saturated heterocycles. The van der Waals surface area contributed by atoms with Gasteiger partial charge in [0, 0.05) is 17.5 Å². The van der Waals surface area contributed by atoms with Crippen LogP contribution in [0.2, 0.25) is 5.02 Å². The van der Waals surface area contributed by atoms with Crippen LogP contribution >= 0.6 is 22.9 Å². The summed E-state index contributed by atoms with van der Waals surface area (Å²) < 4.78 is 17.3. The van der Waals surface area contributed by atoms with E-state index >= 15 is 0 Å². The average molecular weight is 427 g/mol. The molecule has 0 saturated carbocycles. The summed E-state index contributed by atoms with van der Waals surface area (Å²) in [6, 6.07) is 16.2. The van der Waals surface area contributed by atoms with Gasteiger partial charge in [-0.2, -0.15) is 5.10 Å². The summed E-state index contributed by atoms with van der Waals surface area (Å²) in [6.45, 7) is 0. The zero-order valence-corrected chi connectivity index (χ0v) is 17.5. The quantitative estimate of drug-likeness (QED) is 0.539. The number of hydrazone groups is 1. The van der Waals surface area contributed by atoms with Crippen LogP contribution < -0.4 is 14.2 Å². The van der Waals surface area contributed by atoms with Crippen LogP contribution in [-0.2, 0) is 0 Å².